The van der Waals surface area contributed by atoms with Gasteiger partial charge in [-0.2, -0.15) is 5.26 Å². The molecule has 0 spiro atoms. The van der Waals surface area contributed by atoms with Gasteiger partial charge >= 0.3 is 0 Å². The summed E-state index contributed by atoms with van der Waals surface area (Å²) in [6, 6.07) is 5.58. The Kier molecular flexibility index (Phi) is 5.03. The Balaban J connectivity index is 2.11. The van der Waals surface area contributed by atoms with E-state index < -0.39 is 0 Å². The van der Waals surface area contributed by atoms with Gasteiger partial charge in [-0.1, -0.05) is 13.8 Å². The van der Waals surface area contributed by atoms with Crippen molar-refractivity contribution in [3.8, 4) is 6.07 Å². The van der Waals surface area contributed by atoms with Gasteiger partial charge in [-0.3, -0.25) is 4.79 Å². The Bertz CT molecular complexity index is 502. The molecular formula is C16H23N3O2. The maximum atomic E-state index is 12.9. The van der Waals surface area contributed by atoms with Crippen molar-refractivity contribution in [2.24, 2.45) is 5.41 Å². The van der Waals surface area contributed by atoms with Crippen LogP contribution < -0.4 is 5.32 Å². The third-order valence-electron chi connectivity index (χ3n) is 4.11. The molecular weight excluding hydrogens is 266 g/mol. The average Bonchev–Trinajstić information content (AvgIpc) is 2.95. The third-order valence-corrected chi connectivity index (χ3v) is 4.11. The van der Waals surface area contributed by atoms with Crippen molar-refractivity contribution < 1.29 is 9.21 Å². The second-order valence-corrected chi connectivity index (χ2v) is 6.23. The van der Waals surface area contributed by atoms with Gasteiger partial charge in [0.1, 0.15) is 5.76 Å². The molecule has 1 aromatic rings. The van der Waals surface area contributed by atoms with Gasteiger partial charge in [0, 0.05) is 6.54 Å². The van der Waals surface area contributed by atoms with Gasteiger partial charge in [-0.15, -0.1) is 0 Å². The lowest BCUT2D eigenvalue weighted by Gasteiger charge is -2.40. The number of furan rings is 1. The summed E-state index contributed by atoms with van der Waals surface area (Å²) in [5.41, 5.74) is -0.0661. The summed E-state index contributed by atoms with van der Waals surface area (Å²) in [6.07, 6.45) is 4.06. The van der Waals surface area contributed by atoms with E-state index in [9.17, 15) is 4.79 Å². The summed E-state index contributed by atoms with van der Waals surface area (Å²) in [5, 5.41) is 12.1. The van der Waals surface area contributed by atoms with Gasteiger partial charge in [0.25, 0.3) is 0 Å². The zero-order valence-corrected chi connectivity index (χ0v) is 12.8. The fourth-order valence-corrected chi connectivity index (χ4v) is 2.86. The highest BCUT2D eigenvalue weighted by atomic mass is 16.3. The van der Waals surface area contributed by atoms with Gasteiger partial charge in [0.2, 0.25) is 5.91 Å². The first-order chi connectivity index (χ1) is 10.0. The van der Waals surface area contributed by atoms with Crippen LogP contribution in [0.5, 0.6) is 0 Å². The largest absolute Gasteiger partial charge is 0.467 e. The van der Waals surface area contributed by atoms with Crippen LogP contribution in [0, 0.1) is 16.7 Å². The van der Waals surface area contributed by atoms with Gasteiger partial charge in [0.05, 0.1) is 31.3 Å². The van der Waals surface area contributed by atoms with Crippen LogP contribution in [0.1, 0.15) is 38.9 Å². The summed E-state index contributed by atoms with van der Waals surface area (Å²) in [4.78, 5) is 14.6. The summed E-state index contributed by atoms with van der Waals surface area (Å²) < 4.78 is 5.34. The summed E-state index contributed by atoms with van der Waals surface area (Å²) in [6.45, 7) is 5.97. The Hall–Kier alpha value is -1.80. The lowest BCUT2D eigenvalue weighted by Crippen LogP contribution is -2.56. The molecule has 5 nitrogen and oxygen atoms in total. The maximum absolute atomic E-state index is 12.9. The molecule has 21 heavy (non-hydrogen) atoms. The first kappa shape index (κ1) is 15.6. The predicted molar refractivity (Wildman–Crippen MR) is 79.2 cm³/mol. The molecule has 1 unspecified atom stereocenters. The molecule has 0 radical (unpaired) electrons. The first-order valence-corrected chi connectivity index (χ1v) is 7.46. The van der Waals surface area contributed by atoms with E-state index in [1.54, 1.807) is 11.2 Å². The SMILES string of the molecule is CC1(C)CCCNC1C(=O)N(CCC#N)Cc1ccco1. The number of nitriles is 1. The Labute approximate surface area is 125 Å². The molecule has 1 saturated heterocycles. The highest BCUT2D eigenvalue weighted by Crippen LogP contribution is 2.31. The highest BCUT2D eigenvalue weighted by molar-refractivity contribution is 5.83. The number of nitrogens with zero attached hydrogens (tertiary/aromatic N) is 2. The van der Waals surface area contributed by atoms with Gasteiger partial charge in [-0.05, 0) is 36.9 Å². The monoisotopic (exact) mass is 289 g/mol. The van der Waals surface area contributed by atoms with Crippen LogP contribution in [0.3, 0.4) is 0 Å². The van der Waals surface area contributed by atoms with E-state index in [1.807, 2.05) is 12.1 Å². The van der Waals surface area contributed by atoms with E-state index >= 15 is 0 Å². The first-order valence-electron chi connectivity index (χ1n) is 7.46. The van der Waals surface area contributed by atoms with Crippen molar-refractivity contribution in [2.75, 3.05) is 13.1 Å². The molecule has 0 aliphatic carbocycles. The van der Waals surface area contributed by atoms with E-state index in [-0.39, 0.29) is 17.4 Å². The molecule has 1 N–H and O–H groups in total. The number of hydrogen-bond acceptors (Lipinski definition) is 4. The quantitative estimate of drug-likeness (QED) is 0.903. The van der Waals surface area contributed by atoms with Crippen LogP contribution in [-0.4, -0.2) is 29.9 Å². The minimum absolute atomic E-state index is 0.0614. The molecule has 0 aromatic carbocycles. The number of carbonyl (C=O) groups is 1. The molecule has 0 saturated carbocycles. The van der Waals surface area contributed by atoms with Crippen molar-refractivity contribution in [3.63, 3.8) is 0 Å². The zero-order chi connectivity index (χ0) is 15.3. The van der Waals surface area contributed by atoms with E-state index in [0.29, 0.717) is 19.5 Å². The molecule has 1 atom stereocenters. The number of nitrogens with one attached hydrogen (secondary N) is 1. The summed E-state index contributed by atoms with van der Waals surface area (Å²) in [7, 11) is 0. The standard InChI is InChI=1S/C16H23N3O2/c1-16(2)7-4-9-18-14(16)15(20)19(10-5-8-17)12-13-6-3-11-21-13/h3,6,11,14,18H,4-5,7,9-10,12H2,1-2H3. The number of hydrogen-bond donors (Lipinski definition) is 1. The fraction of sp³-hybridized carbons (Fsp3) is 0.625. The van der Waals surface area contributed by atoms with Crippen molar-refractivity contribution in [3.05, 3.63) is 24.2 Å². The molecule has 2 heterocycles. The minimum Gasteiger partial charge on any atom is -0.467 e. The van der Waals surface area contributed by atoms with Gasteiger partial charge in [-0.25, -0.2) is 0 Å². The number of rotatable bonds is 5. The smallest absolute Gasteiger partial charge is 0.240 e. The number of carbonyl (C=O) groups excluding carboxylic acids is 1. The zero-order valence-electron chi connectivity index (χ0n) is 12.8. The fourth-order valence-electron chi connectivity index (χ4n) is 2.86. The topological polar surface area (TPSA) is 69.3 Å². The predicted octanol–water partition coefficient (Wildman–Crippen LogP) is 2.30. The average molecular weight is 289 g/mol. The van der Waals surface area contributed by atoms with Crippen molar-refractivity contribution >= 4 is 5.91 Å². The normalized spacial score (nSPS) is 20.7. The lowest BCUT2D eigenvalue weighted by atomic mass is 9.77. The van der Waals surface area contributed by atoms with Crippen LogP contribution in [0.25, 0.3) is 0 Å². The van der Waals surface area contributed by atoms with E-state index in [4.69, 9.17) is 9.68 Å². The molecule has 1 amide bonds. The van der Waals surface area contributed by atoms with Gasteiger partial charge in [0.15, 0.2) is 0 Å². The van der Waals surface area contributed by atoms with Crippen LogP contribution in [-0.2, 0) is 11.3 Å². The minimum atomic E-state index is -0.195. The van der Waals surface area contributed by atoms with Gasteiger partial charge < -0.3 is 14.6 Å². The summed E-state index contributed by atoms with van der Waals surface area (Å²) in [5.74, 6) is 0.807. The maximum Gasteiger partial charge on any atom is 0.240 e. The van der Waals surface area contributed by atoms with Crippen LogP contribution in [0.4, 0.5) is 0 Å². The highest BCUT2D eigenvalue weighted by Gasteiger charge is 2.39. The Morgan fingerprint density at radius 3 is 3.05 bits per heavy atom. The lowest BCUT2D eigenvalue weighted by molar-refractivity contribution is -0.138. The Morgan fingerprint density at radius 1 is 1.62 bits per heavy atom. The van der Waals surface area contributed by atoms with Crippen molar-refractivity contribution in [1.82, 2.24) is 10.2 Å². The summed E-state index contributed by atoms with van der Waals surface area (Å²) >= 11 is 0. The number of piperidine rings is 1. The molecule has 5 heteroatoms. The van der Waals surface area contributed by atoms with Crippen LogP contribution in [0.2, 0.25) is 0 Å². The molecule has 1 fully saturated rings. The Morgan fingerprint density at radius 2 is 2.43 bits per heavy atom. The molecule has 1 aliphatic heterocycles. The second-order valence-electron chi connectivity index (χ2n) is 6.23. The van der Waals surface area contributed by atoms with E-state index in [2.05, 4.69) is 25.2 Å². The van der Waals surface area contributed by atoms with Crippen LogP contribution in [0.15, 0.2) is 22.8 Å². The van der Waals surface area contributed by atoms with E-state index in [1.165, 1.54) is 0 Å². The molecule has 0 bridgehead atoms. The van der Waals surface area contributed by atoms with E-state index in [0.717, 1.165) is 25.1 Å². The molecule has 114 valence electrons. The molecule has 2 rings (SSSR count). The second kappa shape index (κ2) is 6.77. The van der Waals surface area contributed by atoms with Crippen molar-refractivity contribution in [2.45, 2.75) is 45.7 Å². The molecule has 1 aliphatic rings. The van der Waals surface area contributed by atoms with Crippen LogP contribution >= 0.6 is 0 Å². The number of amides is 1. The molecule has 1 aromatic heterocycles. The third kappa shape index (κ3) is 3.85. The van der Waals surface area contributed by atoms with Crippen molar-refractivity contribution in [1.29, 1.82) is 5.26 Å².